The highest BCUT2D eigenvalue weighted by Gasteiger charge is 2.09. The summed E-state index contributed by atoms with van der Waals surface area (Å²) in [6.45, 7) is 3.69. The average molecular weight is 210 g/mol. The first kappa shape index (κ1) is 11.3. The zero-order valence-electron chi connectivity index (χ0n) is 8.65. The number of phenolic OH excluding ortho intramolecular Hbond substituents is 1. The van der Waals surface area contributed by atoms with Crippen LogP contribution in [0.3, 0.4) is 0 Å². The molecule has 0 radical (unpaired) electrons. The van der Waals surface area contributed by atoms with Gasteiger partial charge in [0.15, 0.2) is 11.5 Å². The number of rotatable bonds is 3. The summed E-state index contributed by atoms with van der Waals surface area (Å²) in [5.74, 6) is 4.77. The molecule has 0 unspecified atom stereocenters. The van der Waals surface area contributed by atoms with E-state index in [4.69, 9.17) is 10.6 Å². The molecular weight excluding hydrogens is 196 g/mol. The predicted octanol–water partition coefficient (Wildman–Crippen LogP) is 0.783. The standard InChI is InChI=1S/C10H14N2O3/c1-6(2)15-9-4-3-7(5-8(9)13)10(14)12-11/h3-6,13H,11H2,1-2H3,(H,12,14). The SMILES string of the molecule is CC(C)Oc1ccc(C(=O)NN)cc1O. The van der Waals surface area contributed by atoms with Crippen molar-refractivity contribution in [3.05, 3.63) is 23.8 Å². The molecule has 15 heavy (non-hydrogen) atoms. The monoisotopic (exact) mass is 210 g/mol. The molecule has 0 aliphatic rings. The molecule has 0 fully saturated rings. The fourth-order valence-electron chi connectivity index (χ4n) is 1.10. The summed E-state index contributed by atoms with van der Waals surface area (Å²) in [5.41, 5.74) is 2.26. The van der Waals surface area contributed by atoms with Gasteiger partial charge < -0.3 is 9.84 Å². The fourth-order valence-corrected chi connectivity index (χ4v) is 1.10. The van der Waals surface area contributed by atoms with Crippen LogP contribution in [-0.2, 0) is 0 Å². The number of carbonyl (C=O) groups excluding carboxylic acids is 1. The van der Waals surface area contributed by atoms with Gasteiger partial charge in [0.1, 0.15) is 0 Å². The number of ether oxygens (including phenoxy) is 1. The van der Waals surface area contributed by atoms with Crippen molar-refractivity contribution in [1.29, 1.82) is 0 Å². The molecular formula is C10H14N2O3. The van der Waals surface area contributed by atoms with E-state index in [0.29, 0.717) is 5.75 Å². The van der Waals surface area contributed by atoms with Crippen LogP contribution in [0, 0.1) is 0 Å². The van der Waals surface area contributed by atoms with Crippen LogP contribution >= 0.6 is 0 Å². The number of hydrogen-bond acceptors (Lipinski definition) is 4. The Bertz CT molecular complexity index is 364. The van der Waals surface area contributed by atoms with E-state index in [1.807, 2.05) is 19.3 Å². The van der Waals surface area contributed by atoms with E-state index in [0.717, 1.165) is 0 Å². The Kier molecular flexibility index (Phi) is 3.51. The summed E-state index contributed by atoms with van der Waals surface area (Å²) in [6, 6.07) is 4.36. The highest BCUT2D eigenvalue weighted by molar-refractivity contribution is 5.94. The maximum Gasteiger partial charge on any atom is 0.265 e. The molecule has 0 saturated carbocycles. The summed E-state index contributed by atoms with van der Waals surface area (Å²) in [5, 5.41) is 9.54. The Labute approximate surface area is 87.8 Å². The molecule has 0 aliphatic carbocycles. The topological polar surface area (TPSA) is 84.6 Å². The van der Waals surface area contributed by atoms with E-state index in [-0.39, 0.29) is 17.4 Å². The Morgan fingerprint density at radius 1 is 1.53 bits per heavy atom. The van der Waals surface area contributed by atoms with Crippen molar-refractivity contribution in [2.75, 3.05) is 0 Å². The van der Waals surface area contributed by atoms with Gasteiger partial charge in [-0.1, -0.05) is 0 Å². The Morgan fingerprint density at radius 2 is 2.20 bits per heavy atom. The summed E-state index contributed by atoms with van der Waals surface area (Å²) < 4.78 is 5.30. The van der Waals surface area contributed by atoms with Gasteiger partial charge in [0.05, 0.1) is 6.10 Å². The van der Waals surface area contributed by atoms with Crippen molar-refractivity contribution < 1.29 is 14.6 Å². The molecule has 0 aliphatic heterocycles. The van der Waals surface area contributed by atoms with Gasteiger partial charge in [-0.3, -0.25) is 10.2 Å². The van der Waals surface area contributed by atoms with Crippen LogP contribution in [0.1, 0.15) is 24.2 Å². The minimum atomic E-state index is -0.457. The molecule has 0 spiro atoms. The molecule has 0 bridgehead atoms. The van der Waals surface area contributed by atoms with Crippen molar-refractivity contribution in [3.63, 3.8) is 0 Å². The van der Waals surface area contributed by atoms with Crippen LogP contribution in [-0.4, -0.2) is 17.1 Å². The highest BCUT2D eigenvalue weighted by atomic mass is 16.5. The third-order valence-electron chi connectivity index (χ3n) is 1.71. The van der Waals surface area contributed by atoms with Crippen LogP contribution in [0.5, 0.6) is 11.5 Å². The smallest absolute Gasteiger partial charge is 0.265 e. The number of hydrogen-bond donors (Lipinski definition) is 3. The first-order chi connectivity index (χ1) is 7.04. The lowest BCUT2D eigenvalue weighted by molar-refractivity contribution is 0.0953. The zero-order valence-corrected chi connectivity index (χ0v) is 8.65. The number of hydrazine groups is 1. The number of aromatic hydroxyl groups is 1. The van der Waals surface area contributed by atoms with Crippen molar-refractivity contribution in [1.82, 2.24) is 5.43 Å². The third kappa shape index (κ3) is 2.85. The lowest BCUT2D eigenvalue weighted by atomic mass is 10.2. The molecule has 1 aromatic rings. The van der Waals surface area contributed by atoms with E-state index >= 15 is 0 Å². The molecule has 1 rings (SSSR count). The second-order valence-electron chi connectivity index (χ2n) is 3.32. The van der Waals surface area contributed by atoms with Gasteiger partial charge in [-0.25, -0.2) is 5.84 Å². The average Bonchev–Trinajstić information content (AvgIpc) is 2.19. The van der Waals surface area contributed by atoms with Crippen LogP contribution in [0.4, 0.5) is 0 Å². The van der Waals surface area contributed by atoms with E-state index in [1.54, 1.807) is 0 Å². The molecule has 82 valence electrons. The fraction of sp³-hybridized carbons (Fsp3) is 0.300. The second kappa shape index (κ2) is 4.65. The number of nitrogens with one attached hydrogen (secondary N) is 1. The van der Waals surface area contributed by atoms with E-state index < -0.39 is 5.91 Å². The first-order valence-corrected chi connectivity index (χ1v) is 4.55. The van der Waals surface area contributed by atoms with Gasteiger partial charge in [-0.15, -0.1) is 0 Å². The number of amides is 1. The lowest BCUT2D eigenvalue weighted by Crippen LogP contribution is -2.29. The van der Waals surface area contributed by atoms with E-state index in [1.165, 1.54) is 18.2 Å². The molecule has 5 nitrogen and oxygen atoms in total. The molecule has 1 amide bonds. The van der Waals surface area contributed by atoms with Crippen molar-refractivity contribution in [2.24, 2.45) is 5.84 Å². The minimum absolute atomic E-state index is 0.0370. The molecule has 1 aromatic carbocycles. The summed E-state index contributed by atoms with van der Waals surface area (Å²) >= 11 is 0. The maximum atomic E-state index is 11.1. The molecule has 0 saturated heterocycles. The Balaban J connectivity index is 2.93. The van der Waals surface area contributed by atoms with Crippen LogP contribution < -0.4 is 16.0 Å². The van der Waals surface area contributed by atoms with Gasteiger partial charge in [0.2, 0.25) is 0 Å². The predicted molar refractivity (Wildman–Crippen MR) is 55.5 cm³/mol. The van der Waals surface area contributed by atoms with Crippen molar-refractivity contribution >= 4 is 5.91 Å². The quantitative estimate of drug-likeness (QED) is 0.391. The number of carbonyl (C=O) groups is 1. The summed E-state index contributed by atoms with van der Waals surface area (Å²) in [4.78, 5) is 11.1. The highest BCUT2D eigenvalue weighted by Crippen LogP contribution is 2.27. The van der Waals surface area contributed by atoms with Gasteiger partial charge in [0.25, 0.3) is 5.91 Å². The molecule has 4 N–H and O–H groups in total. The number of nitrogens with two attached hydrogens (primary N) is 1. The van der Waals surface area contributed by atoms with E-state index in [9.17, 15) is 9.90 Å². The minimum Gasteiger partial charge on any atom is -0.504 e. The van der Waals surface area contributed by atoms with Gasteiger partial charge in [0, 0.05) is 5.56 Å². The van der Waals surface area contributed by atoms with Crippen LogP contribution in [0.15, 0.2) is 18.2 Å². The Morgan fingerprint density at radius 3 is 2.67 bits per heavy atom. The largest absolute Gasteiger partial charge is 0.504 e. The molecule has 5 heteroatoms. The van der Waals surface area contributed by atoms with Gasteiger partial charge >= 0.3 is 0 Å². The van der Waals surface area contributed by atoms with Crippen molar-refractivity contribution in [2.45, 2.75) is 20.0 Å². The third-order valence-corrected chi connectivity index (χ3v) is 1.71. The van der Waals surface area contributed by atoms with E-state index in [2.05, 4.69) is 0 Å². The zero-order chi connectivity index (χ0) is 11.4. The molecule has 0 atom stereocenters. The number of nitrogen functional groups attached to an aromatic ring is 1. The normalized spacial score (nSPS) is 10.1. The lowest BCUT2D eigenvalue weighted by Gasteiger charge is -2.11. The Hall–Kier alpha value is -1.75. The summed E-state index contributed by atoms with van der Waals surface area (Å²) in [6.07, 6.45) is -0.0370. The van der Waals surface area contributed by atoms with Gasteiger partial charge in [-0.2, -0.15) is 0 Å². The number of benzene rings is 1. The number of phenols is 1. The first-order valence-electron chi connectivity index (χ1n) is 4.55. The summed E-state index contributed by atoms with van der Waals surface area (Å²) in [7, 11) is 0. The molecule has 0 aromatic heterocycles. The molecule has 0 heterocycles. The van der Waals surface area contributed by atoms with Crippen LogP contribution in [0.25, 0.3) is 0 Å². The van der Waals surface area contributed by atoms with Gasteiger partial charge in [-0.05, 0) is 32.0 Å². The second-order valence-corrected chi connectivity index (χ2v) is 3.32. The van der Waals surface area contributed by atoms with Crippen LogP contribution in [0.2, 0.25) is 0 Å². The van der Waals surface area contributed by atoms with Crippen molar-refractivity contribution in [3.8, 4) is 11.5 Å². The maximum absolute atomic E-state index is 11.1.